The number of nitrogens with zero attached hydrogens (tertiary/aromatic N) is 2. The number of hydrogen-bond acceptors (Lipinski definition) is 5. The standard InChI is InChI=1S/C14H19N3OS/c1-4-15-13(12-8-6-5-7-10(12)2)9-19-14-17-16-11(3)18-14/h5-8,13,15H,4,9H2,1-3H3. The van der Waals surface area contributed by atoms with Crippen LogP contribution in [0.2, 0.25) is 0 Å². The van der Waals surface area contributed by atoms with Crippen molar-refractivity contribution in [2.24, 2.45) is 0 Å². The smallest absolute Gasteiger partial charge is 0.276 e. The van der Waals surface area contributed by atoms with Crippen molar-refractivity contribution in [3.8, 4) is 0 Å². The lowest BCUT2D eigenvalue weighted by atomic mass is 10.0. The first-order chi connectivity index (χ1) is 9.20. The third-order valence-electron chi connectivity index (χ3n) is 2.90. The van der Waals surface area contributed by atoms with Crippen LogP contribution >= 0.6 is 11.8 Å². The van der Waals surface area contributed by atoms with Crippen LogP contribution in [-0.2, 0) is 0 Å². The number of benzene rings is 1. The van der Waals surface area contributed by atoms with Gasteiger partial charge in [0.25, 0.3) is 5.22 Å². The first kappa shape index (κ1) is 14.1. The van der Waals surface area contributed by atoms with Crippen LogP contribution in [0.5, 0.6) is 0 Å². The van der Waals surface area contributed by atoms with Crippen LogP contribution in [0.15, 0.2) is 33.9 Å². The lowest BCUT2D eigenvalue weighted by Gasteiger charge is -2.19. The van der Waals surface area contributed by atoms with Crippen molar-refractivity contribution in [3.63, 3.8) is 0 Å². The first-order valence-electron chi connectivity index (χ1n) is 6.42. The Labute approximate surface area is 118 Å². The molecule has 2 rings (SSSR count). The molecule has 1 unspecified atom stereocenters. The molecule has 4 nitrogen and oxygen atoms in total. The van der Waals surface area contributed by atoms with E-state index in [1.165, 1.54) is 11.1 Å². The lowest BCUT2D eigenvalue weighted by Crippen LogP contribution is -2.23. The molecule has 1 N–H and O–H groups in total. The van der Waals surface area contributed by atoms with Crippen molar-refractivity contribution in [2.75, 3.05) is 12.3 Å². The molecular weight excluding hydrogens is 258 g/mol. The lowest BCUT2D eigenvalue weighted by molar-refractivity contribution is 0.428. The zero-order valence-electron chi connectivity index (χ0n) is 11.5. The zero-order valence-corrected chi connectivity index (χ0v) is 12.3. The van der Waals surface area contributed by atoms with Gasteiger partial charge in [-0.15, -0.1) is 10.2 Å². The summed E-state index contributed by atoms with van der Waals surface area (Å²) in [5.74, 6) is 1.48. The van der Waals surface area contributed by atoms with Crippen LogP contribution in [0.3, 0.4) is 0 Å². The highest BCUT2D eigenvalue weighted by molar-refractivity contribution is 7.99. The monoisotopic (exact) mass is 277 g/mol. The van der Waals surface area contributed by atoms with Gasteiger partial charge in [-0.1, -0.05) is 43.0 Å². The molecule has 1 atom stereocenters. The molecule has 0 aliphatic heterocycles. The van der Waals surface area contributed by atoms with Crippen molar-refractivity contribution < 1.29 is 4.42 Å². The summed E-state index contributed by atoms with van der Waals surface area (Å²) in [4.78, 5) is 0. The predicted molar refractivity (Wildman–Crippen MR) is 77.4 cm³/mol. The molecule has 0 saturated heterocycles. The quantitative estimate of drug-likeness (QED) is 0.822. The fraction of sp³-hybridized carbons (Fsp3) is 0.429. The van der Waals surface area contributed by atoms with Crippen molar-refractivity contribution >= 4 is 11.8 Å². The van der Waals surface area contributed by atoms with E-state index in [4.69, 9.17) is 4.42 Å². The third kappa shape index (κ3) is 3.81. The van der Waals surface area contributed by atoms with Gasteiger partial charge in [0.2, 0.25) is 5.89 Å². The molecule has 102 valence electrons. The van der Waals surface area contributed by atoms with Gasteiger partial charge < -0.3 is 9.73 Å². The summed E-state index contributed by atoms with van der Waals surface area (Å²) in [7, 11) is 0. The van der Waals surface area contributed by atoms with Crippen LogP contribution in [0.1, 0.15) is 30.0 Å². The van der Waals surface area contributed by atoms with Crippen LogP contribution in [0.4, 0.5) is 0 Å². The number of aromatic nitrogens is 2. The molecule has 1 aromatic carbocycles. The van der Waals surface area contributed by atoms with Crippen molar-refractivity contribution in [1.29, 1.82) is 0 Å². The Kier molecular flexibility index (Phi) is 4.99. The maximum atomic E-state index is 5.39. The number of thioether (sulfide) groups is 1. The molecule has 0 radical (unpaired) electrons. The van der Waals surface area contributed by atoms with Crippen LogP contribution in [0, 0.1) is 13.8 Å². The molecule has 0 saturated carbocycles. The predicted octanol–water partition coefficient (Wildman–Crippen LogP) is 3.13. The van der Waals surface area contributed by atoms with Crippen LogP contribution in [0.25, 0.3) is 0 Å². The van der Waals surface area contributed by atoms with Crippen molar-refractivity contribution in [2.45, 2.75) is 32.0 Å². The topological polar surface area (TPSA) is 51.0 Å². The Morgan fingerprint density at radius 1 is 1.26 bits per heavy atom. The molecule has 0 aliphatic carbocycles. The van der Waals surface area contributed by atoms with E-state index in [0.29, 0.717) is 17.2 Å². The highest BCUT2D eigenvalue weighted by Crippen LogP contribution is 2.25. The normalized spacial score (nSPS) is 12.6. The van der Waals surface area contributed by atoms with Gasteiger partial charge in [0.05, 0.1) is 0 Å². The second kappa shape index (κ2) is 6.73. The molecule has 2 aromatic rings. The van der Waals surface area contributed by atoms with Crippen LogP contribution in [-0.4, -0.2) is 22.5 Å². The second-order valence-corrected chi connectivity index (χ2v) is 5.34. The molecule has 0 amide bonds. The Morgan fingerprint density at radius 3 is 2.68 bits per heavy atom. The minimum atomic E-state index is 0.295. The molecule has 1 heterocycles. The van der Waals surface area contributed by atoms with Gasteiger partial charge in [0.1, 0.15) is 0 Å². The van der Waals surface area contributed by atoms with Crippen LogP contribution < -0.4 is 5.32 Å². The first-order valence-corrected chi connectivity index (χ1v) is 7.41. The number of nitrogens with one attached hydrogen (secondary N) is 1. The van der Waals surface area contributed by atoms with Gasteiger partial charge in [-0.25, -0.2) is 0 Å². The maximum Gasteiger partial charge on any atom is 0.276 e. The van der Waals surface area contributed by atoms with Gasteiger partial charge in [-0.3, -0.25) is 0 Å². The van der Waals surface area contributed by atoms with Crippen molar-refractivity contribution in [1.82, 2.24) is 15.5 Å². The van der Waals surface area contributed by atoms with Gasteiger partial charge >= 0.3 is 0 Å². The van der Waals surface area contributed by atoms with Gasteiger partial charge in [0, 0.05) is 18.7 Å². The van der Waals surface area contributed by atoms with E-state index in [2.05, 4.69) is 53.6 Å². The Morgan fingerprint density at radius 2 is 2.05 bits per heavy atom. The Bertz CT molecular complexity index is 527. The highest BCUT2D eigenvalue weighted by Gasteiger charge is 2.14. The Hall–Kier alpha value is -1.33. The molecule has 0 aliphatic rings. The summed E-state index contributed by atoms with van der Waals surface area (Å²) < 4.78 is 5.39. The molecule has 0 bridgehead atoms. The fourth-order valence-corrected chi connectivity index (χ4v) is 2.86. The summed E-state index contributed by atoms with van der Waals surface area (Å²) >= 11 is 1.59. The third-order valence-corrected chi connectivity index (χ3v) is 3.81. The average molecular weight is 277 g/mol. The van der Waals surface area contributed by atoms with E-state index in [-0.39, 0.29) is 0 Å². The number of hydrogen-bond donors (Lipinski definition) is 1. The SMILES string of the molecule is CCNC(CSc1nnc(C)o1)c1ccccc1C. The van der Waals surface area contributed by atoms with Crippen molar-refractivity contribution in [3.05, 3.63) is 41.3 Å². The minimum Gasteiger partial charge on any atom is -0.416 e. The van der Waals surface area contributed by atoms with E-state index < -0.39 is 0 Å². The highest BCUT2D eigenvalue weighted by atomic mass is 32.2. The Balaban J connectivity index is 2.06. The van der Waals surface area contributed by atoms with E-state index in [1.54, 1.807) is 18.7 Å². The second-order valence-electron chi connectivity index (χ2n) is 4.36. The van der Waals surface area contributed by atoms with Gasteiger partial charge in [-0.2, -0.15) is 0 Å². The molecular formula is C14H19N3OS. The van der Waals surface area contributed by atoms with E-state index in [0.717, 1.165) is 12.3 Å². The fourth-order valence-electron chi connectivity index (χ4n) is 1.97. The summed E-state index contributed by atoms with van der Waals surface area (Å²) in [5, 5.41) is 12.0. The molecule has 19 heavy (non-hydrogen) atoms. The summed E-state index contributed by atoms with van der Waals surface area (Å²) in [6, 6.07) is 8.75. The maximum absolute atomic E-state index is 5.39. The molecule has 1 aromatic heterocycles. The summed E-state index contributed by atoms with van der Waals surface area (Å²) in [6.07, 6.45) is 0. The summed E-state index contributed by atoms with van der Waals surface area (Å²) in [6.45, 7) is 7.00. The molecule has 5 heteroatoms. The summed E-state index contributed by atoms with van der Waals surface area (Å²) in [5.41, 5.74) is 2.63. The number of rotatable bonds is 6. The van der Waals surface area contributed by atoms with E-state index >= 15 is 0 Å². The van der Waals surface area contributed by atoms with Gasteiger partial charge in [0.15, 0.2) is 0 Å². The molecule has 0 fully saturated rings. The van der Waals surface area contributed by atoms with E-state index in [1.807, 2.05) is 0 Å². The minimum absolute atomic E-state index is 0.295. The average Bonchev–Trinajstić information content (AvgIpc) is 2.81. The van der Waals surface area contributed by atoms with E-state index in [9.17, 15) is 0 Å². The molecule has 0 spiro atoms. The zero-order chi connectivity index (χ0) is 13.7. The largest absolute Gasteiger partial charge is 0.416 e. The van der Waals surface area contributed by atoms with Gasteiger partial charge in [-0.05, 0) is 24.6 Å². The number of aryl methyl sites for hydroxylation is 2.